The number of hydrogen-bond acceptors (Lipinski definition) is 3. The van der Waals surface area contributed by atoms with Crippen molar-refractivity contribution in [3.05, 3.63) is 12.2 Å². The number of aliphatic carboxylic acids is 1. The van der Waals surface area contributed by atoms with E-state index in [1.807, 2.05) is 0 Å². The van der Waals surface area contributed by atoms with Crippen molar-refractivity contribution in [1.82, 2.24) is 5.32 Å². The Hall–Kier alpha value is -1.36. The second-order valence-corrected chi connectivity index (χ2v) is 4.45. The molecule has 0 saturated heterocycles. The van der Waals surface area contributed by atoms with Gasteiger partial charge in [-0.2, -0.15) is 0 Å². The number of amides is 1. The molecule has 1 rings (SSSR count). The second kappa shape index (κ2) is 7.87. The number of nitrogens with one attached hydrogen (secondary N) is 1. The van der Waals surface area contributed by atoms with Crippen molar-refractivity contribution in [1.29, 1.82) is 0 Å². The molecule has 2 atom stereocenters. The van der Waals surface area contributed by atoms with Gasteiger partial charge < -0.3 is 15.2 Å². The average molecular weight is 255 g/mol. The molecule has 0 bridgehead atoms. The van der Waals surface area contributed by atoms with E-state index in [9.17, 15) is 9.59 Å². The summed E-state index contributed by atoms with van der Waals surface area (Å²) in [6.45, 7) is 2.51. The molecule has 0 saturated carbocycles. The third-order valence-electron chi connectivity index (χ3n) is 2.89. The van der Waals surface area contributed by atoms with Crippen LogP contribution >= 0.6 is 0 Å². The zero-order chi connectivity index (χ0) is 13.4. The van der Waals surface area contributed by atoms with E-state index < -0.39 is 12.1 Å². The van der Waals surface area contributed by atoms with Gasteiger partial charge in [0.2, 0.25) is 5.91 Å². The highest BCUT2D eigenvalue weighted by molar-refractivity contribution is 5.76. The van der Waals surface area contributed by atoms with Gasteiger partial charge in [0.05, 0.1) is 12.5 Å². The first kappa shape index (κ1) is 14.7. The van der Waals surface area contributed by atoms with E-state index in [4.69, 9.17) is 9.84 Å². The molecule has 1 aliphatic rings. The average Bonchev–Trinajstić information content (AvgIpc) is 2.78. The Kier molecular flexibility index (Phi) is 6.43. The van der Waals surface area contributed by atoms with Crippen molar-refractivity contribution < 1.29 is 19.4 Å². The molecular formula is C13H21NO4. The second-order valence-electron chi connectivity index (χ2n) is 4.45. The molecule has 2 unspecified atom stereocenters. The van der Waals surface area contributed by atoms with E-state index in [0.717, 1.165) is 12.8 Å². The van der Waals surface area contributed by atoms with Crippen molar-refractivity contribution in [2.75, 3.05) is 13.2 Å². The minimum atomic E-state index is -0.915. The standard InChI is InChI=1S/C13H21NO4/c1-2-18-11(8-13(16)17)9-14-12(15)7-10-5-3-4-6-10/h3,5,10-11H,2,4,6-9H2,1H3,(H,14,15)(H,16,17). The number of hydrogen-bond donors (Lipinski definition) is 2. The topological polar surface area (TPSA) is 75.6 Å². The van der Waals surface area contributed by atoms with Crippen LogP contribution in [0.2, 0.25) is 0 Å². The summed E-state index contributed by atoms with van der Waals surface area (Å²) in [6.07, 6.45) is 6.16. The molecular weight excluding hydrogens is 234 g/mol. The van der Waals surface area contributed by atoms with E-state index in [-0.39, 0.29) is 18.9 Å². The Balaban J connectivity index is 2.24. The summed E-state index contributed by atoms with van der Waals surface area (Å²) in [7, 11) is 0. The fraction of sp³-hybridized carbons (Fsp3) is 0.692. The predicted octanol–water partition coefficient (Wildman–Crippen LogP) is 1.34. The minimum absolute atomic E-state index is 0.0401. The van der Waals surface area contributed by atoms with Gasteiger partial charge in [-0.1, -0.05) is 12.2 Å². The quantitative estimate of drug-likeness (QED) is 0.642. The predicted molar refractivity (Wildman–Crippen MR) is 67.2 cm³/mol. The Morgan fingerprint density at radius 2 is 2.33 bits per heavy atom. The molecule has 5 heteroatoms. The number of ether oxygens (including phenoxy) is 1. The van der Waals surface area contributed by atoms with Gasteiger partial charge in [0.15, 0.2) is 0 Å². The van der Waals surface area contributed by atoms with Crippen LogP contribution in [0.5, 0.6) is 0 Å². The molecule has 18 heavy (non-hydrogen) atoms. The van der Waals surface area contributed by atoms with E-state index in [2.05, 4.69) is 17.5 Å². The molecule has 5 nitrogen and oxygen atoms in total. The smallest absolute Gasteiger partial charge is 0.306 e. The van der Waals surface area contributed by atoms with Gasteiger partial charge >= 0.3 is 5.97 Å². The zero-order valence-corrected chi connectivity index (χ0v) is 10.7. The lowest BCUT2D eigenvalue weighted by Gasteiger charge is -2.16. The maximum Gasteiger partial charge on any atom is 0.306 e. The number of rotatable bonds is 8. The van der Waals surface area contributed by atoms with Crippen molar-refractivity contribution in [3.8, 4) is 0 Å². The first-order chi connectivity index (χ1) is 8.61. The monoisotopic (exact) mass is 255 g/mol. The maximum atomic E-state index is 11.6. The van der Waals surface area contributed by atoms with Crippen LogP contribution in [0, 0.1) is 5.92 Å². The molecule has 0 fully saturated rings. The SMILES string of the molecule is CCOC(CNC(=O)CC1C=CCC1)CC(=O)O. The van der Waals surface area contributed by atoms with Crippen molar-refractivity contribution in [3.63, 3.8) is 0 Å². The van der Waals surface area contributed by atoms with Crippen LogP contribution in [0.25, 0.3) is 0 Å². The third-order valence-corrected chi connectivity index (χ3v) is 2.89. The summed E-state index contributed by atoms with van der Waals surface area (Å²) in [4.78, 5) is 22.3. The van der Waals surface area contributed by atoms with E-state index in [1.165, 1.54) is 0 Å². The highest BCUT2D eigenvalue weighted by atomic mass is 16.5. The molecule has 0 spiro atoms. The fourth-order valence-corrected chi connectivity index (χ4v) is 2.02. The molecule has 0 radical (unpaired) electrons. The van der Waals surface area contributed by atoms with Gasteiger partial charge in [-0.15, -0.1) is 0 Å². The number of carboxylic acids is 1. The van der Waals surface area contributed by atoms with Gasteiger partial charge in [-0.3, -0.25) is 9.59 Å². The molecule has 0 heterocycles. The van der Waals surface area contributed by atoms with Crippen LogP contribution in [-0.2, 0) is 14.3 Å². The number of allylic oxidation sites excluding steroid dienone is 2. The van der Waals surface area contributed by atoms with Crippen LogP contribution in [0.15, 0.2) is 12.2 Å². The Bertz CT molecular complexity index is 314. The van der Waals surface area contributed by atoms with Crippen LogP contribution in [0.4, 0.5) is 0 Å². The number of carboxylic acid groups (broad SMARTS) is 1. The normalized spacial score (nSPS) is 19.7. The molecule has 1 aliphatic carbocycles. The number of carbonyl (C=O) groups is 2. The van der Waals surface area contributed by atoms with E-state index in [1.54, 1.807) is 6.92 Å². The van der Waals surface area contributed by atoms with Gasteiger partial charge in [0.25, 0.3) is 0 Å². The fourth-order valence-electron chi connectivity index (χ4n) is 2.02. The summed E-state index contributed by atoms with van der Waals surface area (Å²) >= 11 is 0. The largest absolute Gasteiger partial charge is 0.481 e. The van der Waals surface area contributed by atoms with Crippen LogP contribution < -0.4 is 5.32 Å². The molecule has 0 aromatic heterocycles. The lowest BCUT2D eigenvalue weighted by Crippen LogP contribution is -2.35. The van der Waals surface area contributed by atoms with Gasteiger partial charge in [0, 0.05) is 19.6 Å². The molecule has 0 aromatic rings. The van der Waals surface area contributed by atoms with E-state index in [0.29, 0.717) is 18.9 Å². The Labute approximate surface area is 107 Å². The van der Waals surface area contributed by atoms with Crippen molar-refractivity contribution >= 4 is 11.9 Å². The molecule has 1 amide bonds. The van der Waals surface area contributed by atoms with E-state index >= 15 is 0 Å². The molecule has 0 aromatic carbocycles. The lowest BCUT2D eigenvalue weighted by molar-refractivity contribution is -0.140. The summed E-state index contributed by atoms with van der Waals surface area (Å²) in [6, 6.07) is 0. The summed E-state index contributed by atoms with van der Waals surface area (Å²) in [5, 5.41) is 11.4. The van der Waals surface area contributed by atoms with Gasteiger partial charge in [-0.25, -0.2) is 0 Å². The van der Waals surface area contributed by atoms with Crippen molar-refractivity contribution in [2.45, 2.75) is 38.7 Å². The highest BCUT2D eigenvalue weighted by Crippen LogP contribution is 2.19. The Morgan fingerprint density at radius 3 is 2.89 bits per heavy atom. The summed E-state index contributed by atoms with van der Waals surface area (Å²) in [5.41, 5.74) is 0. The summed E-state index contributed by atoms with van der Waals surface area (Å²) in [5.74, 6) is -0.627. The molecule has 102 valence electrons. The lowest BCUT2D eigenvalue weighted by atomic mass is 10.1. The third kappa shape index (κ3) is 5.82. The molecule has 0 aliphatic heterocycles. The summed E-state index contributed by atoms with van der Waals surface area (Å²) < 4.78 is 5.26. The van der Waals surface area contributed by atoms with Crippen LogP contribution in [0.1, 0.15) is 32.6 Å². The first-order valence-electron chi connectivity index (χ1n) is 6.38. The zero-order valence-electron chi connectivity index (χ0n) is 10.7. The maximum absolute atomic E-state index is 11.6. The highest BCUT2D eigenvalue weighted by Gasteiger charge is 2.17. The van der Waals surface area contributed by atoms with Gasteiger partial charge in [-0.05, 0) is 25.7 Å². The first-order valence-corrected chi connectivity index (χ1v) is 6.38. The Morgan fingerprint density at radius 1 is 1.56 bits per heavy atom. The van der Waals surface area contributed by atoms with Crippen LogP contribution in [-0.4, -0.2) is 36.2 Å². The van der Waals surface area contributed by atoms with Crippen molar-refractivity contribution in [2.24, 2.45) is 5.92 Å². The number of carbonyl (C=O) groups excluding carboxylic acids is 1. The van der Waals surface area contributed by atoms with Gasteiger partial charge in [0.1, 0.15) is 0 Å². The minimum Gasteiger partial charge on any atom is -0.481 e. The van der Waals surface area contributed by atoms with Crippen LogP contribution in [0.3, 0.4) is 0 Å². The molecule has 2 N–H and O–H groups in total.